The first-order valence-corrected chi connectivity index (χ1v) is 9.61. The molecule has 27 heavy (non-hydrogen) atoms. The molecule has 0 bridgehead atoms. The Hall–Kier alpha value is -2.41. The SMILES string of the molecule is COc1cccc([C@H]2CN(C(=O)Cn3nc(C)nc3C)[C@@H]3CCCN[C@H]23)c1. The number of methoxy groups -OCH3 is 1. The number of aromatic nitrogens is 3. The second-order valence-electron chi connectivity index (χ2n) is 7.48. The predicted octanol–water partition coefficient (Wildman–Crippen LogP) is 1.65. The molecule has 144 valence electrons. The Morgan fingerprint density at radius 1 is 1.37 bits per heavy atom. The van der Waals surface area contributed by atoms with Crippen LogP contribution in [-0.2, 0) is 11.3 Å². The fourth-order valence-corrected chi connectivity index (χ4v) is 4.52. The van der Waals surface area contributed by atoms with Crippen LogP contribution in [0.4, 0.5) is 0 Å². The first-order valence-electron chi connectivity index (χ1n) is 9.61. The molecule has 0 radical (unpaired) electrons. The predicted molar refractivity (Wildman–Crippen MR) is 102 cm³/mol. The van der Waals surface area contributed by atoms with Gasteiger partial charge < -0.3 is 15.0 Å². The highest BCUT2D eigenvalue weighted by molar-refractivity contribution is 5.77. The molecule has 2 aromatic rings. The third kappa shape index (κ3) is 3.43. The molecule has 1 aromatic carbocycles. The van der Waals surface area contributed by atoms with E-state index in [4.69, 9.17) is 4.74 Å². The van der Waals surface area contributed by atoms with Gasteiger partial charge in [-0.05, 0) is 50.9 Å². The highest BCUT2D eigenvalue weighted by atomic mass is 16.5. The second kappa shape index (κ2) is 7.31. The summed E-state index contributed by atoms with van der Waals surface area (Å²) in [6, 6.07) is 8.73. The fourth-order valence-electron chi connectivity index (χ4n) is 4.52. The van der Waals surface area contributed by atoms with Gasteiger partial charge in [0.25, 0.3) is 0 Å². The number of hydrogen-bond acceptors (Lipinski definition) is 5. The first-order chi connectivity index (χ1) is 13.1. The van der Waals surface area contributed by atoms with Crippen molar-refractivity contribution in [2.45, 2.75) is 51.2 Å². The van der Waals surface area contributed by atoms with E-state index in [1.54, 1.807) is 11.8 Å². The molecule has 0 spiro atoms. The summed E-state index contributed by atoms with van der Waals surface area (Å²) in [6.45, 7) is 5.72. The molecule has 0 unspecified atom stereocenters. The van der Waals surface area contributed by atoms with Crippen LogP contribution in [0.5, 0.6) is 5.75 Å². The number of piperidine rings is 1. The van der Waals surface area contributed by atoms with Crippen molar-refractivity contribution >= 4 is 5.91 Å². The molecular weight excluding hydrogens is 342 g/mol. The van der Waals surface area contributed by atoms with E-state index in [-0.39, 0.29) is 30.5 Å². The van der Waals surface area contributed by atoms with E-state index in [0.717, 1.165) is 37.5 Å². The van der Waals surface area contributed by atoms with Crippen molar-refractivity contribution in [2.24, 2.45) is 0 Å². The van der Waals surface area contributed by atoms with Crippen LogP contribution < -0.4 is 10.1 Å². The number of nitrogens with zero attached hydrogens (tertiary/aromatic N) is 4. The van der Waals surface area contributed by atoms with Crippen LogP contribution in [0, 0.1) is 13.8 Å². The van der Waals surface area contributed by atoms with Gasteiger partial charge in [-0.1, -0.05) is 12.1 Å². The second-order valence-corrected chi connectivity index (χ2v) is 7.48. The number of hydrogen-bond donors (Lipinski definition) is 1. The lowest BCUT2D eigenvalue weighted by Gasteiger charge is -2.33. The quantitative estimate of drug-likeness (QED) is 0.887. The zero-order valence-corrected chi connectivity index (χ0v) is 16.2. The Morgan fingerprint density at radius 2 is 2.22 bits per heavy atom. The van der Waals surface area contributed by atoms with E-state index in [2.05, 4.69) is 32.4 Å². The number of carbonyl (C=O) groups is 1. The van der Waals surface area contributed by atoms with E-state index < -0.39 is 0 Å². The molecule has 7 nitrogen and oxygen atoms in total. The van der Waals surface area contributed by atoms with Gasteiger partial charge in [0.1, 0.15) is 23.9 Å². The summed E-state index contributed by atoms with van der Waals surface area (Å²) < 4.78 is 7.11. The summed E-state index contributed by atoms with van der Waals surface area (Å²) in [5, 5.41) is 8.01. The summed E-state index contributed by atoms with van der Waals surface area (Å²) in [6.07, 6.45) is 2.14. The minimum absolute atomic E-state index is 0.118. The number of nitrogens with one attached hydrogen (secondary N) is 1. The number of fused-ring (bicyclic) bond motifs is 1. The number of likely N-dealkylation sites (tertiary alicyclic amines) is 1. The van der Waals surface area contributed by atoms with Gasteiger partial charge in [0.2, 0.25) is 5.91 Å². The van der Waals surface area contributed by atoms with Gasteiger partial charge in [0.05, 0.1) is 7.11 Å². The maximum Gasteiger partial charge on any atom is 0.244 e. The molecule has 2 fully saturated rings. The maximum atomic E-state index is 13.1. The van der Waals surface area contributed by atoms with Crippen molar-refractivity contribution < 1.29 is 9.53 Å². The van der Waals surface area contributed by atoms with Crippen molar-refractivity contribution in [3.63, 3.8) is 0 Å². The van der Waals surface area contributed by atoms with E-state index >= 15 is 0 Å². The fraction of sp³-hybridized carbons (Fsp3) is 0.550. The van der Waals surface area contributed by atoms with Crippen molar-refractivity contribution in [1.29, 1.82) is 0 Å². The lowest BCUT2D eigenvalue weighted by Crippen LogP contribution is -2.50. The third-order valence-corrected chi connectivity index (χ3v) is 5.79. The summed E-state index contributed by atoms with van der Waals surface area (Å²) >= 11 is 0. The van der Waals surface area contributed by atoms with E-state index in [0.29, 0.717) is 5.82 Å². The highest BCUT2D eigenvalue weighted by Crippen LogP contribution is 2.37. The smallest absolute Gasteiger partial charge is 0.244 e. The summed E-state index contributed by atoms with van der Waals surface area (Å²) in [7, 11) is 1.69. The molecule has 2 aliphatic rings. The number of aryl methyl sites for hydroxylation is 2. The molecule has 0 saturated carbocycles. The van der Waals surface area contributed by atoms with Crippen molar-refractivity contribution in [3.8, 4) is 5.75 Å². The van der Waals surface area contributed by atoms with Gasteiger partial charge in [-0.2, -0.15) is 5.10 Å². The molecule has 1 amide bonds. The Balaban J connectivity index is 1.57. The zero-order chi connectivity index (χ0) is 19.0. The van der Waals surface area contributed by atoms with Crippen LogP contribution in [0.2, 0.25) is 0 Å². The number of amides is 1. The lowest BCUT2D eigenvalue weighted by molar-refractivity contribution is -0.133. The van der Waals surface area contributed by atoms with E-state index in [1.165, 1.54) is 5.56 Å². The van der Waals surface area contributed by atoms with Crippen molar-refractivity contribution in [2.75, 3.05) is 20.2 Å². The molecule has 2 aliphatic heterocycles. The molecule has 0 aliphatic carbocycles. The van der Waals surface area contributed by atoms with Crippen molar-refractivity contribution in [1.82, 2.24) is 25.0 Å². The molecule has 3 atom stereocenters. The number of ether oxygens (including phenoxy) is 1. The maximum absolute atomic E-state index is 13.1. The number of carbonyl (C=O) groups excluding carboxylic acids is 1. The summed E-state index contributed by atoms with van der Waals surface area (Å²) in [5.74, 6) is 2.73. The largest absolute Gasteiger partial charge is 0.497 e. The average molecular weight is 369 g/mol. The molecule has 1 aromatic heterocycles. The van der Waals surface area contributed by atoms with Gasteiger partial charge in [0, 0.05) is 24.5 Å². The summed E-state index contributed by atoms with van der Waals surface area (Å²) in [5.41, 5.74) is 1.22. The summed E-state index contributed by atoms with van der Waals surface area (Å²) in [4.78, 5) is 19.5. The molecule has 2 saturated heterocycles. The van der Waals surface area contributed by atoms with E-state index in [1.807, 2.05) is 26.0 Å². The van der Waals surface area contributed by atoms with Gasteiger partial charge in [-0.3, -0.25) is 4.79 Å². The van der Waals surface area contributed by atoms with Crippen LogP contribution >= 0.6 is 0 Å². The van der Waals surface area contributed by atoms with Gasteiger partial charge in [-0.25, -0.2) is 9.67 Å². The van der Waals surface area contributed by atoms with Crippen LogP contribution in [0.25, 0.3) is 0 Å². The normalized spacial score (nSPS) is 24.7. The Labute approximate surface area is 159 Å². The number of rotatable bonds is 4. The first kappa shape index (κ1) is 18.0. The molecule has 1 N–H and O–H groups in total. The van der Waals surface area contributed by atoms with Crippen LogP contribution in [0.3, 0.4) is 0 Å². The van der Waals surface area contributed by atoms with Crippen LogP contribution in [0.15, 0.2) is 24.3 Å². The van der Waals surface area contributed by atoms with Gasteiger partial charge >= 0.3 is 0 Å². The van der Waals surface area contributed by atoms with E-state index in [9.17, 15) is 4.79 Å². The van der Waals surface area contributed by atoms with Crippen LogP contribution in [0.1, 0.15) is 36.0 Å². The molecule has 7 heteroatoms. The third-order valence-electron chi connectivity index (χ3n) is 5.79. The zero-order valence-electron chi connectivity index (χ0n) is 16.2. The highest BCUT2D eigenvalue weighted by Gasteiger charge is 2.45. The molecule has 3 heterocycles. The molecular formula is C20H27N5O2. The Morgan fingerprint density at radius 3 is 2.96 bits per heavy atom. The molecule has 4 rings (SSSR count). The Kier molecular flexibility index (Phi) is 4.86. The Bertz CT molecular complexity index is 834. The average Bonchev–Trinajstić information content (AvgIpc) is 3.21. The van der Waals surface area contributed by atoms with Crippen LogP contribution in [-0.4, -0.2) is 57.9 Å². The monoisotopic (exact) mass is 369 g/mol. The standard InChI is InChI=1S/C20H27N5O2/c1-13-22-14(2)25(23-13)12-19(26)24-11-17(20-18(24)8-5-9-21-20)15-6-4-7-16(10-15)27-3/h4,6-7,10,17-18,20-21H,5,8-9,11-12H2,1-3H3/t17-,18-,20-/m1/s1. The minimum Gasteiger partial charge on any atom is -0.497 e. The van der Waals surface area contributed by atoms with Crippen molar-refractivity contribution in [3.05, 3.63) is 41.5 Å². The minimum atomic E-state index is 0.118. The topological polar surface area (TPSA) is 72.3 Å². The number of benzene rings is 1. The lowest BCUT2D eigenvalue weighted by atomic mass is 9.87. The van der Waals surface area contributed by atoms with Gasteiger partial charge in [0.15, 0.2) is 0 Å². The van der Waals surface area contributed by atoms with Gasteiger partial charge in [-0.15, -0.1) is 0 Å².